The molecule has 0 radical (unpaired) electrons. The molecule has 0 spiro atoms. The van der Waals surface area contributed by atoms with Crippen molar-refractivity contribution in [3.63, 3.8) is 0 Å². The van der Waals surface area contributed by atoms with Crippen molar-refractivity contribution in [2.75, 3.05) is 0 Å². The van der Waals surface area contributed by atoms with Crippen molar-refractivity contribution in [2.24, 2.45) is 11.7 Å². The van der Waals surface area contributed by atoms with Crippen molar-refractivity contribution in [1.29, 1.82) is 0 Å². The third-order valence-electron chi connectivity index (χ3n) is 3.83. The van der Waals surface area contributed by atoms with E-state index < -0.39 is 0 Å². The summed E-state index contributed by atoms with van der Waals surface area (Å²) in [6.45, 7) is 4.84. The van der Waals surface area contributed by atoms with E-state index in [2.05, 4.69) is 13.8 Å². The van der Waals surface area contributed by atoms with Crippen LogP contribution in [0.15, 0.2) is 24.3 Å². The topological polar surface area (TPSA) is 44.5 Å². The number of ether oxygens (including phenoxy) is 2. The molecule has 1 fully saturated rings. The van der Waals surface area contributed by atoms with Crippen LogP contribution in [0.25, 0.3) is 0 Å². The molecule has 112 valence electrons. The molecule has 2 N–H and O–H groups in total. The Kier molecular flexibility index (Phi) is 5.86. The molecule has 0 amide bonds. The number of nitrogens with two attached hydrogens (primary N) is 1. The molecule has 20 heavy (non-hydrogen) atoms. The highest BCUT2D eigenvalue weighted by Gasteiger charge is 2.22. The minimum atomic E-state index is -0.165. The van der Waals surface area contributed by atoms with Crippen LogP contribution < -0.4 is 10.5 Å². The number of benzene rings is 1. The fraction of sp³-hybridized carbons (Fsp3) is 0.647. The molecular formula is C17H27NO2. The Labute approximate surface area is 122 Å². The van der Waals surface area contributed by atoms with Gasteiger partial charge < -0.3 is 15.2 Å². The molecule has 0 bridgehead atoms. The smallest absolute Gasteiger partial charge is 0.202 e. The molecule has 0 heterocycles. The first-order valence-electron chi connectivity index (χ1n) is 7.80. The molecule has 0 aromatic heterocycles. The predicted molar refractivity (Wildman–Crippen MR) is 81.5 cm³/mol. The average Bonchev–Trinajstić information content (AvgIpc) is 2.48. The van der Waals surface area contributed by atoms with Crippen molar-refractivity contribution in [2.45, 2.75) is 64.9 Å². The van der Waals surface area contributed by atoms with Crippen molar-refractivity contribution < 1.29 is 9.47 Å². The van der Waals surface area contributed by atoms with Gasteiger partial charge in [-0.3, -0.25) is 0 Å². The number of hydrogen-bond acceptors (Lipinski definition) is 3. The van der Waals surface area contributed by atoms with Gasteiger partial charge >= 0.3 is 0 Å². The predicted octanol–water partition coefficient (Wildman–Crippen LogP) is 3.86. The van der Waals surface area contributed by atoms with E-state index in [1.807, 2.05) is 24.3 Å². The van der Waals surface area contributed by atoms with E-state index in [0.717, 1.165) is 11.3 Å². The van der Waals surface area contributed by atoms with E-state index in [-0.39, 0.29) is 6.29 Å². The fourth-order valence-corrected chi connectivity index (χ4v) is 2.55. The minimum absolute atomic E-state index is 0.165. The lowest BCUT2D eigenvalue weighted by molar-refractivity contribution is -0.150. The molecule has 0 saturated heterocycles. The lowest BCUT2D eigenvalue weighted by Crippen LogP contribution is -2.32. The van der Waals surface area contributed by atoms with Gasteiger partial charge in [-0.05, 0) is 30.5 Å². The van der Waals surface area contributed by atoms with Crippen LogP contribution in [0.4, 0.5) is 0 Å². The SMILES string of the molecule is CC(C)C(Oc1ccc(CN)cc1)OC1CCCCC1. The van der Waals surface area contributed by atoms with Gasteiger partial charge in [0.1, 0.15) is 5.75 Å². The molecule has 0 aliphatic heterocycles. The Hall–Kier alpha value is -1.06. The Morgan fingerprint density at radius 1 is 1.10 bits per heavy atom. The van der Waals surface area contributed by atoms with Gasteiger partial charge in [0, 0.05) is 12.5 Å². The molecule has 1 unspecified atom stereocenters. The van der Waals surface area contributed by atoms with Crippen LogP contribution in [0.1, 0.15) is 51.5 Å². The second kappa shape index (κ2) is 7.65. The van der Waals surface area contributed by atoms with Gasteiger partial charge in [0.15, 0.2) is 0 Å². The van der Waals surface area contributed by atoms with Gasteiger partial charge in [-0.2, -0.15) is 0 Å². The van der Waals surface area contributed by atoms with Gasteiger partial charge in [0.2, 0.25) is 6.29 Å². The standard InChI is InChI=1S/C17H27NO2/c1-13(2)17(19-15-6-4-3-5-7-15)20-16-10-8-14(12-18)9-11-16/h8-11,13,15,17H,3-7,12,18H2,1-2H3. The first kappa shape index (κ1) is 15.3. The Bertz CT molecular complexity index is 382. The maximum Gasteiger partial charge on any atom is 0.202 e. The summed E-state index contributed by atoms with van der Waals surface area (Å²) < 4.78 is 12.2. The van der Waals surface area contributed by atoms with Gasteiger partial charge in [0.05, 0.1) is 6.10 Å². The number of rotatable bonds is 6. The van der Waals surface area contributed by atoms with Crippen LogP contribution in [0.2, 0.25) is 0 Å². The third kappa shape index (κ3) is 4.50. The van der Waals surface area contributed by atoms with E-state index in [9.17, 15) is 0 Å². The van der Waals surface area contributed by atoms with Crippen LogP contribution in [-0.4, -0.2) is 12.4 Å². The summed E-state index contributed by atoms with van der Waals surface area (Å²) in [5.74, 6) is 1.20. The molecule has 1 saturated carbocycles. The first-order chi connectivity index (χ1) is 9.69. The highest BCUT2D eigenvalue weighted by molar-refractivity contribution is 5.27. The molecule has 1 aromatic carbocycles. The molecule has 2 rings (SSSR count). The van der Waals surface area contributed by atoms with E-state index in [0.29, 0.717) is 18.6 Å². The highest BCUT2D eigenvalue weighted by atomic mass is 16.7. The maximum absolute atomic E-state index is 6.17. The molecule has 3 heteroatoms. The average molecular weight is 277 g/mol. The second-order valence-electron chi connectivity index (χ2n) is 5.97. The van der Waals surface area contributed by atoms with Crippen LogP contribution in [0, 0.1) is 5.92 Å². The summed E-state index contributed by atoms with van der Waals surface area (Å²) in [5.41, 5.74) is 6.72. The zero-order chi connectivity index (χ0) is 14.4. The van der Waals surface area contributed by atoms with E-state index in [1.165, 1.54) is 32.1 Å². The van der Waals surface area contributed by atoms with Crippen LogP contribution in [-0.2, 0) is 11.3 Å². The van der Waals surface area contributed by atoms with Gasteiger partial charge in [-0.1, -0.05) is 45.2 Å². The lowest BCUT2D eigenvalue weighted by atomic mass is 9.97. The quantitative estimate of drug-likeness (QED) is 0.803. The molecule has 1 aliphatic rings. The van der Waals surface area contributed by atoms with Crippen molar-refractivity contribution in [3.8, 4) is 5.75 Å². The molecule has 3 nitrogen and oxygen atoms in total. The van der Waals surface area contributed by atoms with Crippen LogP contribution in [0.5, 0.6) is 5.75 Å². The third-order valence-corrected chi connectivity index (χ3v) is 3.83. The van der Waals surface area contributed by atoms with Gasteiger partial charge in [-0.25, -0.2) is 0 Å². The van der Waals surface area contributed by atoms with Crippen molar-refractivity contribution >= 4 is 0 Å². The summed E-state index contributed by atoms with van der Waals surface area (Å²) in [4.78, 5) is 0. The number of hydrogen-bond donors (Lipinski definition) is 1. The monoisotopic (exact) mass is 277 g/mol. The van der Waals surface area contributed by atoms with Crippen molar-refractivity contribution in [1.82, 2.24) is 0 Å². The first-order valence-corrected chi connectivity index (χ1v) is 7.80. The Morgan fingerprint density at radius 3 is 2.30 bits per heavy atom. The molecule has 1 atom stereocenters. The molecule has 1 aromatic rings. The van der Waals surface area contributed by atoms with Gasteiger partial charge in [-0.15, -0.1) is 0 Å². The Morgan fingerprint density at radius 2 is 1.75 bits per heavy atom. The molecular weight excluding hydrogens is 250 g/mol. The summed E-state index contributed by atoms with van der Waals surface area (Å²) in [6, 6.07) is 7.96. The zero-order valence-corrected chi connectivity index (χ0v) is 12.7. The summed E-state index contributed by atoms with van der Waals surface area (Å²) in [5, 5.41) is 0. The van der Waals surface area contributed by atoms with Crippen LogP contribution in [0.3, 0.4) is 0 Å². The fourth-order valence-electron chi connectivity index (χ4n) is 2.55. The molecule has 1 aliphatic carbocycles. The Balaban J connectivity index is 1.93. The summed E-state index contributed by atoms with van der Waals surface area (Å²) in [6.07, 6.45) is 6.42. The largest absolute Gasteiger partial charge is 0.465 e. The zero-order valence-electron chi connectivity index (χ0n) is 12.7. The normalized spacial score (nSPS) is 18.2. The van der Waals surface area contributed by atoms with E-state index in [1.54, 1.807) is 0 Å². The second-order valence-corrected chi connectivity index (χ2v) is 5.97. The van der Waals surface area contributed by atoms with Crippen LogP contribution >= 0.6 is 0 Å². The van der Waals surface area contributed by atoms with Crippen molar-refractivity contribution in [3.05, 3.63) is 29.8 Å². The van der Waals surface area contributed by atoms with E-state index >= 15 is 0 Å². The summed E-state index contributed by atoms with van der Waals surface area (Å²) >= 11 is 0. The lowest BCUT2D eigenvalue weighted by Gasteiger charge is -2.30. The van der Waals surface area contributed by atoms with Gasteiger partial charge in [0.25, 0.3) is 0 Å². The maximum atomic E-state index is 6.17. The minimum Gasteiger partial charge on any atom is -0.465 e. The summed E-state index contributed by atoms with van der Waals surface area (Å²) in [7, 11) is 0. The van der Waals surface area contributed by atoms with E-state index in [4.69, 9.17) is 15.2 Å². The highest BCUT2D eigenvalue weighted by Crippen LogP contribution is 2.25.